The second-order valence-electron chi connectivity index (χ2n) is 6.15. The molecule has 1 fully saturated rings. The van der Waals surface area contributed by atoms with E-state index < -0.39 is 0 Å². The Morgan fingerprint density at radius 1 is 1.00 bits per heavy atom. The van der Waals surface area contributed by atoms with Crippen LogP contribution in [0, 0.1) is 0 Å². The van der Waals surface area contributed by atoms with Gasteiger partial charge < -0.3 is 0 Å². The number of para-hydroxylation sites is 2. The molecule has 4 nitrogen and oxygen atoms in total. The van der Waals surface area contributed by atoms with Crippen LogP contribution in [0.2, 0.25) is 0 Å². The fraction of sp³-hybridized carbons (Fsp3) is 0.211. The van der Waals surface area contributed by atoms with E-state index in [9.17, 15) is 0 Å². The van der Waals surface area contributed by atoms with Crippen LogP contribution in [0.15, 0.2) is 59.8 Å². The third-order valence-corrected chi connectivity index (χ3v) is 6.44. The summed E-state index contributed by atoms with van der Waals surface area (Å²) in [6.07, 6.45) is 2.43. The van der Waals surface area contributed by atoms with E-state index in [-0.39, 0.29) is 0 Å². The predicted molar refractivity (Wildman–Crippen MR) is 103 cm³/mol. The average molecular weight is 364 g/mol. The van der Waals surface area contributed by atoms with Crippen molar-refractivity contribution in [2.24, 2.45) is 0 Å². The zero-order valence-corrected chi connectivity index (χ0v) is 15.1. The molecule has 0 bridgehead atoms. The van der Waals surface area contributed by atoms with E-state index in [2.05, 4.69) is 57.2 Å². The molecule has 0 unspecified atom stereocenters. The minimum Gasteiger partial charge on any atom is -0.274 e. The van der Waals surface area contributed by atoms with E-state index in [1.54, 1.807) is 23.1 Å². The topological polar surface area (TPSA) is 43.6 Å². The zero-order chi connectivity index (χ0) is 16.6. The Morgan fingerprint density at radius 3 is 2.60 bits per heavy atom. The van der Waals surface area contributed by atoms with Crippen molar-refractivity contribution in [1.29, 1.82) is 0 Å². The summed E-state index contributed by atoms with van der Waals surface area (Å²) >= 11 is 3.47. The van der Waals surface area contributed by atoms with Crippen LogP contribution in [0.4, 0.5) is 0 Å². The van der Waals surface area contributed by atoms with Crippen LogP contribution in [-0.4, -0.2) is 19.7 Å². The Bertz CT molecular complexity index is 985. The minimum absolute atomic E-state index is 0.560. The zero-order valence-electron chi connectivity index (χ0n) is 13.5. The van der Waals surface area contributed by atoms with Crippen LogP contribution in [0.25, 0.3) is 15.9 Å². The third-order valence-electron chi connectivity index (χ3n) is 4.28. The molecule has 2 heterocycles. The standard InChI is InChI=1S/C19H16N4S2/c1-2-6-14(7-3-1)23-18(13-10-11-13)21-22-19(23)24-12-17-20-15-8-4-5-9-16(15)25-17/h1-9,13H,10-12H2. The minimum atomic E-state index is 0.560. The number of aromatic nitrogens is 4. The summed E-state index contributed by atoms with van der Waals surface area (Å²) in [6.45, 7) is 0. The molecule has 2 aromatic heterocycles. The van der Waals surface area contributed by atoms with Gasteiger partial charge in [0, 0.05) is 11.6 Å². The Hall–Kier alpha value is -2.18. The molecule has 124 valence electrons. The molecule has 0 atom stereocenters. The number of thiazole rings is 1. The molecule has 0 saturated heterocycles. The SMILES string of the molecule is c1ccc(-n2c(SCc3nc4ccccc4s3)nnc2C2CC2)cc1. The van der Waals surface area contributed by atoms with Gasteiger partial charge in [0.2, 0.25) is 0 Å². The van der Waals surface area contributed by atoms with Gasteiger partial charge in [-0.1, -0.05) is 42.1 Å². The average Bonchev–Trinajstić information content (AvgIpc) is 3.28. The van der Waals surface area contributed by atoms with Crippen molar-refractivity contribution in [2.45, 2.75) is 29.7 Å². The van der Waals surface area contributed by atoms with Gasteiger partial charge in [-0.15, -0.1) is 21.5 Å². The molecule has 0 aliphatic heterocycles. The maximum absolute atomic E-state index is 4.72. The molecule has 1 aliphatic carbocycles. The number of benzene rings is 2. The normalized spacial score (nSPS) is 14.2. The van der Waals surface area contributed by atoms with Gasteiger partial charge in [0.15, 0.2) is 5.16 Å². The molecule has 1 aliphatic rings. The number of thioether (sulfide) groups is 1. The Labute approximate surface area is 153 Å². The third kappa shape index (κ3) is 2.96. The first kappa shape index (κ1) is 15.1. The second-order valence-corrected chi connectivity index (χ2v) is 8.21. The quantitative estimate of drug-likeness (QED) is 0.465. The smallest absolute Gasteiger partial charge is 0.196 e. The molecule has 0 spiro atoms. The highest BCUT2D eigenvalue weighted by molar-refractivity contribution is 7.98. The highest BCUT2D eigenvalue weighted by atomic mass is 32.2. The Kier molecular flexibility index (Phi) is 3.79. The van der Waals surface area contributed by atoms with Gasteiger partial charge in [-0.05, 0) is 37.1 Å². The second kappa shape index (κ2) is 6.28. The highest BCUT2D eigenvalue weighted by Crippen LogP contribution is 2.41. The number of nitrogens with zero attached hydrogens (tertiary/aromatic N) is 4. The van der Waals surface area contributed by atoms with Gasteiger partial charge in [-0.3, -0.25) is 4.57 Å². The van der Waals surface area contributed by atoms with Crippen LogP contribution in [0.3, 0.4) is 0 Å². The first-order valence-electron chi connectivity index (χ1n) is 8.36. The van der Waals surface area contributed by atoms with Crippen LogP contribution < -0.4 is 0 Å². The first-order chi connectivity index (χ1) is 12.4. The molecule has 0 N–H and O–H groups in total. The van der Waals surface area contributed by atoms with E-state index in [0.717, 1.165) is 32.9 Å². The predicted octanol–water partition coefficient (Wildman–Crippen LogP) is 5.05. The van der Waals surface area contributed by atoms with Gasteiger partial charge in [-0.25, -0.2) is 4.98 Å². The number of rotatable bonds is 5. The summed E-state index contributed by atoms with van der Waals surface area (Å²) in [6, 6.07) is 18.7. The Balaban J connectivity index is 1.45. The van der Waals surface area contributed by atoms with E-state index in [0.29, 0.717) is 5.92 Å². The summed E-state index contributed by atoms with van der Waals surface area (Å²) in [5, 5.41) is 11.0. The van der Waals surface area contributed by atoms with Crippen LogP contribution in [0.5, 0.6) is 0 Å². The fourth-order valence-electron chi connectivity index (χ4n) is 2.91. The van der Waals surface area contributed by atoms with E-state index in [4.69, 9.17) is 4.98 Å². The van der Waals surface area contributed by atoms with Crippen molar-refractivity contribution in [3.63, 3.8) is 0 Å². The number of hydrogen-bond donors (Lipinski definition) is 0. The van der Waals surface area contributed by atoms with Crippen molar-refractivity contribution in [3.8, 4) is 5.69 Å². The lowest BCUT2D eigenvalue weighted by Gasteiger charge is -2.09. The summed E-state index contributed by atoms with van der Waals surface area (Å²) < 4.78 is 3.46. The van der Waals surface area contributed by atoms with Crippen molar-refractivity contribution < 1.29 is 0 Å². The van der Waals surface area contributed by atoms with Crippen LogP contribution in [0.1, 0.15) is 29.6 Å². The lowest BCUT2D eigenvalue weighted by molar-refractivity contribution is 0.829. The van der Waals surface area contributed by atoms with Crippen molar-refractivity contribution in [3.05, 3.63) is 65.4 Å². The molecular weight excluding hydrogens is 348 g/mol. The fourth-order valence-corrected chi connectivity index (χ4v) is 4.83. The summed E-state index contributed by atoms with van der Waals surface area (Å²) in [5.74, 6) is 2.47. The monoisotopic (exact) mass is 364 g/mol. The van der Waals surface area contributed by atoms with Crippen molar-refractivity contribution in [1.82, 2.24) is 19.7 Å². The van der Waals surface area contributed by atoms with E-state index in [1.807, 2.05) is 12.1 Å². The Morgan fingerprint density at radius 2 is 1.80 bits per heavy atom. The van der Waals surface area contributed by atoms with Gasteiger partial charge in [0.1, 0.15) is 10.8 Å². The maximum atomic E-state index is 4.72. The molecule has 1 saturated carbocycles. The highest BCUT2D eigenvalue weighted by Gasteiger charge is 2.31. The van der Waals surface area contributed by atoms with Crippen LogP contribution >= 0.6 is 23.1 Å². The number of fused-ring (bicyclic) bond motifs is 1. The van der Waals surface area contributed by atoms with Gasteiger partial charge in [-0.2, -0.15) is 0 Å². The van der Waals surface area contributed by atoms with E-state index in [1.165, 1.54) is 17.5 Å². The van der Waals surface area contributed by atoms with Crippen LogP contribution in [-0.2, 0) is 5.75 Å². The molecule has 5 rings (SSSR count). The molecule has 4 aromatic rings. The van der Waals surface area contributed by atoms with Crippen molar-refractivity contribution in [2.75, 3.05) is 0 Å². The first-order valence-corrected chi connectivity index (χ1v) is 10.2. The summed E-state index contributed by atoms with van der Waals surface area (Å²) in [5.41, 5.74) is 2.22. The van der Waals surface area contributed by atoms with Gasteiger partial charge in [0.25, 0.3) is 0 Å². The molecule has 25 heavy (non-hydrogen) atoms. The van der Waals surface area contributed by atoms with E-state index >= 15 is 0 Å². The van der Waals surface area contributed by atoms with Gasteiger partial charge >= 0.3 is 0 Å². The molecule has 6 heteroatoms. The lowest BCUT2D eigenvalue weighted by Crippen LogP contribution is -2.01. The molecule has 2 aromatic carbocycles. The summed E-state index contributed by atoms with van der Waals surface area (Å²) in [4.78, 5) is 4.72. The molecule has 0 radical (unpaired) electrons. The summed E-state index contributed by atoms with van der Waals surface area (Å²) in [7, 11) is 0. The lowest BCUT2D eigenvalue weighted by atomic mass is 10.3. The van der Waals surface area contributed by atoms with Gasteiger partial charge in [0.05, 0.1) is 16.0 Å². The largest absolute Gasteiger partial charge is 0.274 e. The molecular formula is C19H16N4S2. The van der Waals surface area contributed by atoms with Crippen molar-refractivity contribution >= 4 is 33.3 Å². The maximum Gasteiger partial charge on any atom is 0.196 e. The molecule has 0 amide bonds. The number of hydrogen-bond acceptors (Lipinski definition) is 5.